The van der Waals surface area contributed by atoms with Crippen LogP contribution in [-0.4, -0.2) is 0 Å². The first kappa shape index (κ1) is 52.0. The Kier molecular flexibility index (Phi) is 21.7. The van der Waals surface area contributed by atoms with Crippen molar-refractivity contribution >= 4 is 0 Å². The number of benzene rings is 2. The molecule has 0 radical (unpaired) electrons. The normalized spacial score (nSPS) is 35.3. The van der Waals surface area contributed by atoms with Gasteiger partial charge in [0.25, 0.3) is 0 Å². The predicted molar refractivity (Wildman–Crippen MR) is 289 cm³/mol. The van der Waals surface area contributed by atoms with Crippen LogP contribution in [0.15, 0.2) is 60.2 Å². The SMILES string of the molecule is CC1=CCC(C2CCC(C3CCC(C)CC3)CC2)CC1.Cc1ccc(CCC2CCC(C3CCC(C)CC3)CC2)cc1.Cc1ccc(CCC2CCC(CCC3CCC(C)CC3)CC2)cc1. The molecule has 0 spiro atoms. The van der Waals surface area contributed by atoms with Crippen molar-refractivity contribution in [2.45, 2.75) is 253 Å². The van der Waals surface area contributed by atoms with Crippen LogP contribution in [0.1, 0.15) is 249 Å². The summed E-state index contributed by atoms with van der Waals surface area (Å²) in [6.45, 7) is 14.0. The van der Waals surface area contributed by atoms with Gasteiger partial charge in [0.15, 0.2) is 0 Å². The summed E-state index contributed by atoms with van der Waals surface area (Å²) >= 11 is 0. The van der Waals surface area contributed by atoms with Crippen molar-refractivity contribution in [2.24, 2.45) is 76.9 Å². The number of hydrogen-bond donors (Lipinski definition) is 0. The van der Waals surface area contributed by atoms with Crippen molar-refractivity contribution in [3.05, 3.63) is 82.4 Å². The first-order valence-electron chi connectivity index (χ1n) is 29.9. The van der Waals surface area contributed by atoms with Gasteiger partial charge < -0.3 is 0 Å². The lowest BCUT2D eigenvalue weighted by molar-refractivity contribution is 0.124. The van der Waals surface area contributed by atoms with Gasteiger partial charge in [0.2, 0.25) is 0 Å². The smallest absolute Gasteiger partial charge is 0.0276 e. The molecule has 2 aromatic carbocycles. The lowest BCUT2D eigenvalue weighted by Gasteiger charge is -2.40. The highest BCUT2D eigenvalue weighted by atomic mass is 14.4. The van der Waals surface area contributed by atoms with Gasteiger partial charge in [0.1, 0.15) is 0 Å². The molecule has 7 aliphatic rings. The van der Waals surface area contributed by atoms with Crippen LogP contribution in [0.4, 0.5) is 0 Å². The van der Waals surface area contributed by atoms with E-state index in [4.69, 9.17) is 0 Å². The molecule has 0 heteroatoms. The lowest BCUT2D eigenvalue weighted by atomic mass is 9.66. The number of aryl methyl sites for hydroxylation is 4. The highest BCUT2D eigenvalue weighted by Gasteiger charge is 2.33. The van der Waals surface area contributed by atoms with E-state index in [1.165, 1.54) is 196 Å². The number of allylic oxidation sites excluding steroid dienone is 2. The molecular weight excluding hydrogens is 793 g/mol. The molecule has 0 saturated heterocycles. The van der Waals surface area contributed by atoms with Crippen LogP contribution in [0.2, 0.25) is 0 Å². The van der Waals surface area contributed by atoms with E-state index >= 15 is 0 Å². The molecule has 370 valence electrons. The molecule has 66 heavy (non-hydrogen) atoms. The zero-order chi connectivity index (χ0) is 46.1. The molecule has 6 fully saturated rings. The van der Waals surface area contributed by atoms with E-state index in [2.05, 4.69) is 96.1 Å². The largest absolute Gasteiger partial charge is 0.0853 e. The van der Waals surface area contributed by atoms with E-state index < -0.39 is 0 Å². The number of hydrogen-bond acceptors (Lipinski definition) is 0. The monoisotopic (exact) mass is 899 g/mol. The summed E-state index contributed by atoms with van der Waals surface area (Å²) in [6.07, 6.45) is 51.7. The number of rotatable bonds is 12. The third-order valence-corrected chi connectivity index (χ3v) is 20.5. The Bertz CT molecular complexity index is 1600. The van der Waals surface area contributed by atoms with Crippen molar-refractivity contribution in [1.29, 1.82) is 0 Å². The fourth-order valence-electron chi connectivity index (χ4n) is 15.1. The van der Waals surface area contributed by atoms with Crippen LogP contribution in [0.5, 0.6) is 0 Å². The predicted octanol–water partition coefficient (Wildman–Crippen LogP) is 20.3. The minimum atomic E-state index is 0.998. The molecule has 0 amide bonds. The van der Waals surface area contributed by atoms with Gasteiger partial charge in [-0.25, -0.2) is 0 Å². The van der Waals surface area contributed by atoms with Crippen LogP contribution in [0, 0.1) is 90.8 Å². The van der Waals surface area contributed by atoms with Gasteiger partial charge in [-0.2, -0.15) is 0 Å². The van der Waals surface area contributed by atoms with Crippen LogP contribution in [0.25, 0.3) is 0 Å². The Morgan fingerprint density at radius 2 is 0.606 bits per heavy atom. The highest BCUT2D eigenvalue weighted by Crippen LogP contribution is 2.46. The van der Waals surface area contributed by atoms with E-state index in [-0.39, 0.29) is 0 Å². The van der Waals surface area contributed by atoms with Crippen LogP contribution in [-0.2, 0) is 12.8 Å². The van der Waals surface area contributed by atoms with Crippen molar-refractivity contribution in [3.8, 4) is 0 Å². The molecule has 0 aliphatic heterocycles. The Morgan fingerprint density at radius 1 is 0.318 bits per heavy atom. The minimum absolute atomic E-state index is 0.998. The third-order valence-electron chi connectivity index (χ3n) is 20.5. The Balaban J connectivity index is 0.000000148. The summed E-state index contributed by atoms with van der Waals surface area (Å²) < 4.78 is 0. The van der Waals surface area contributed by atoms with Gasteiger partial charge in [-0.05, 0) is 218 Å². The van der Waals surface area contributed by atoms with E-state index in [1.807, 2.05) is 0 Å². The van der Waals surface area contributed by atoms with Gasteiger partial charge in [0, 0.05) is 0 Å². The maximum atomic E-state index is 2.53. The quantitative estimate of drug-likeness (QED) is 0.186. The standard InChI is InChI=1S/C24H38.C22H34.C20H34/c1-19-3-7-21(8-4-19)11-13-23-15-17-24(18-16-23)14-12-22-9-5-20(2)6-10-22;1-17-3-7-19(8-4-17)9-10-20-11-15-22(16-12-20)21-13-5-18(2)6-14-21;1-15-3-7-17(8-4-15)19-11-13-20(14-12-19)18-9-5-16(2)6-10-18/h3-4,7-8,20,22-24H,5-6,9-18H2,1-2H3;3-4,7-8,18,20-22H,5-6,9-16H2,1-2H3;3,16-20H,4-14H2,1-2H3. The van der Waals surface area contributed by atoms with E-state index in [0.29, 0.717) is 0 Å². The maximum Gasteiger partial charge on any atom is -0.0276 e. The summed E-state index contributed by atoms with van der Waals surface area (Å²) in [7, 11) is 0. The van der Waals surface area contributed by atoms with Gasteiger partial charge in [-0.3, -0.25) is 0 Å². The van der Waals surface area contributed by atoms with E-state index in [9.17, 15) is 0 Å². The molecule has 1 atom stereocenters. The third kappa shape index (κ3) is 17.5. The molecule has 0 aromatic heterocycles. The fraction of sp³-hybridized carbons (Fsp3) is 0.788. The van der Waals surface area contributed by atoms with Crippen molar-refractivity contribution in [1.82, 2.24) is 0 Å². The van der Waals surface area contributed by atoms with Gasteiger partial charge >= 0.3 is 0 Å². The molecule has 0 heterocycles. The molecule has 1 unspecified atom stereocenters. The van der Waals surface area contributed by atoms with Gasteiger partial charge in [-0.1, -0.05) is 195 Å². The average molecular weight is 900 g/mol. The molecule has 0 N–H and O–H groups in total. The molecule has 7 aliphatic carbocycles. The van der Waals surface area contributed by atoms with Crippen LogP contribution in [0.3, 0.4) is 0 Å². The second-order valence-electron chi connectivity index (χ2n) is 25.7. The molecule has 0 bridgehead atoms. The molecular formula is C66H106. The Morgan fingerprint density at radius 3 is 0.970 bits per heavy atom. The first-order valence-corrected chi connectivity index (χ1v) is 29.9. The van der Waals surface area contributed by atoms with Crippen molar-refractivity contribution in [2.75, 3.05) is 0 Å². The maximum absolute atomic E-state index is 2.53. The summed E-state index contributed by atoms with van der Waals surface area (Å²) in [6, 6.07) is 18.3. The second kappa shape index (κ2) is 27.5. The second-order valence-corrected chi connectivity index (χ2v) is 25.7. The lowest BCUT2D eigenvalue weighted by Crippen LogP contribution is -2.28. The van der Waals surface area contributed by atoms with Crippen LogP contribution < -0.4 is 0 Å². The molecule has 9 rings (SSSR count). The van der Waals surface area contributed by atoms with E-state index in [1.54, 1.807) is 44.1 Å². The average Bonchev–Trinajstić information content (AvgIpc) is 3.35. The molecule has 6 saturated carbocycles. The summed E-state index contributed by atoms with van der Waals surface area (Å²) in [5.41, 5.74) is 7.48. The summed E-state index contributed by atoms with van der Waals surface area (Å²) in [4.78, 5) is 0. The summed E-state index contributed by atoms with van der Waals surface area (Å²) in [5, 5.41) is 0. The fourth-order valence-corrected chi connectivity index (χ4v) is 15.1. The first-order chi connectivity index (χ1) is 32.1. The van der Waals surface area contributed by atoms with E-state index in [0.717, 1.165) is 76.9 Å². The molecule has 0 nitrogen and oxygen atoms in total. The van der Waals surface area contributed by atoms with Crippen molar-refractivity contribution < 1.29 is 0 Å². The Labute approximate surface area is 410 Å². The topological polar surface area (TPSA) is 0 Å². The highest BCUT2D eigenvalue weighted by molar-refractivity contribution is 5.22. The minimum Gasteiger partial charge on any atom is -0.0853 e. The molecule has 2 aromatic rings. The van der Waals surface area contributed by atoms with Gasteiger partial charge in [0.05, 0.1) is 0 Å². The zero-order valence-corrected chi connectivity index (χ0v) is 44.5. The van der Waals surface area contributed by atoms with Crippen LogP contribution >= 0.6 is 0 Å². The van der Waals surface area contributed by atoms with Gasteiger partial charge in [-0.15, -0.1) is 0 Å². The zero-order valence-electron chi connectivity index (χ0n) is 44.5. The Hall–Kier alpha value is -1.82. The van der Waals surface area contributed by atoms with Crippen molar-refractivity contribution in [3.63, 3.8) is 0 Å². The summed E-state index contributed by atoms with van der Waals surface area (Å²) in [5.74, 6) is 13.6.